The van der Waals surface area contributed by atoms with E-state index < -0.39 is 5.97 Å². The van der Waals surface area contributed by atoms with Crippen LogP contribution in [0.2, 0.25) is 0 Å². The molecule has 4 N–H and O–H groups in total. The molecule has 0 spiro atoms. The zero-order chi connectivity index (χ0) is 9.82. The second kappa shape index (κ2) is 12.7. The van der Waals surface area contributed by atoms with E-state index in [0.29, 0.717) is 6.54 Å². The number of carbonyl (C=O) groups is 1. The molecule has 0 aliphatic rings. The topological polar surface area (TPSA) is 92.8 Å². The standard InChI is InChI=1S/C5H8O3.C2H7NO/c1-2-5(7)8-4-3-6;3-1-2-4/h2,6H,1,3-4H2;4H,1-3H2. The molecule has 0 rings (SSSR count). The molecule has 0 aromatic carbocycles. The average Bonchev–Trinajstić information content (AvgIpc) is 2.14. The van der Waals surface area contributed by atoms with E-state index in [1.807, 2.05) is 0 Å². The van der Waals surface area contributed by atoms with Crippen LogP contribution >= 0.6 is 0 Å². The summed E-state index contributed by atoms with van der Waals surface area (Å²) in [7, 11) is 0. The van der Waals surface area contributed by atoms with Gasteiger partial charge in [0.05, 0.1) is 13.2 Å². The fraction of sp³-hybridized carbons (Fsp3) is 0.571. The van der Waals surface area contributed by atoms with Crippen LogP contribution in [0.25, 0.3) is 0 Å². The Kier molecular flexibility index (Phi) is 14.5. The van der Waals surface area contributed by atoms with Gasteiger partial charge >= 0.3 is 5.97 Å². The predicted octanol–water partition coefficient (Wildman–Crippen LogP) is -1.35. The fourth-order valence-electron chi connectivity index (χ4n) is 0.205. The monoisotopic (exact) mass is 177 g/mol. The lowest BCUT2D eigenvalue weighted by atomic mass is 10.6. The normalized spacial score (nSPS) is 7.92. The summed E-state index contributed by atoms with van der Waals surface area (Å²) in [6, 6.07) is 0. The SMILES string of the molecule is C=CC(=O)OCCO.NCCO. The van der Waals surface area contributed by atoms with E-state index in [4.69, 9.17) is 15.9 Å². The third-order valence-electron chi connectivity index (χ3n) is 0.631. The Labute approximate surface area is 71.4 Å². The smallest absolute Gasteiger partial charge is 0.330 e. The molecular formula is C7H15NO4. The third kappa shape index (κ3) is 16.0. The highest BCUT2D eigenvalue weighted by Crippen LogP contribution is 1.75. The number of aliphatic hydroxyl groups excluding tert-OH is 2. The zero-order valence-electron chi connectivity index (χ0n) is 6.90. The summed E-state index contributed by atoms with van der Waals surface area (Å²) in [6.45, 7) is 3.54. The van der Waals surface area contributed by atoms with E-state index in [-0.39, 0.29) is 19.8 Å². The summed E-state index contributed by atoms with van der Waals surface area (Å²) in [5.41, 5.74) is 4.78. The average molecular weight is 177 g/mol. The lowest BCUT2D eigenvalue weighted by Crippen LogP contribution is -2.04. The van der Waals surface area contributed by atoms with Gasteiger partial charge in [0, 0.05) is 12.6 Å². The first-order valence-corrected chi connectivity index (χ1v) is 3.43. The van der Waals surface area contributed by atoms with E-state index >= 15 is 0 Å². The number of hydrogen-bond donors (Lipinski definition) is 3. The highest BCUT2D eigenvalue weighted by Gasteiger charge is 1.90. The van der Waals surface area contributed by atoms with Crippen molar-refractivity contribution in [3.05, 3.63) is 12.7 Å². The first kappa shape index (κ1) is 13.7. The molecule has 0 unspecified atom stereocenters. The van der Waals surface area contributed by atoms with Crippen molar-refractivity contribution in [2.24, 2.45) is 5.73 Å². The minimum absolute atomic E-state index is 0.0465. The first-order valence-electron chi connectivity index (χ1n) is 3.43. The van der Waals surface area contributed by atoms with Crippen LogP contribution in [-0.4, -0.2) is 42.5 Å². The number of esters is 1. The zero-order valence-corrected chi connectivity index (χ0v) is 6.90. The lowest BCUT2D eigenvalue weighted by Gasteiger charge is -1.94. The van der Waals surface area contributed by atoms with E-state index in [0.717, 1.165) is 6.08 Å². The molecule has 0 aromatic rings. The second-order valence-electron chi connectivity index (χ2n) is 1.61. The van der Waals surface area contributed by atoms with Gasteiger partial charge in [-0.1, -0.05) is 6.58 Å². The first-order chi connectivity index (χ1) is 5.72. The van der Waals surface area contributed by atoms with Gasteiger partial charge in [0.2, 0.25) is 0 Å². The van der Waals surface area contributed by atoms with Gasteiger partial charge in [-0.2, -0.15) is 0 Å². The van der Waals surface area contributed by atoms with Crippen molar-refractivity contribution in [1.29, 1.82) is 0 Å². The molecule has 0 aromatic heterocycles. The molecule has 0 fully saturated rings. The van der Waals surface area contributed by atoms with Gasteiger partial charge in [-0.15, -0.1) is 0 Å². The molecule has 0 heterocycles. The van der Waals surface area contributed by atoms with Crippen molar-refractivity contribution in [3.63, 3.8) is 0 Å². The number of rotatable bonds is 4. The number of nitrogens with two attached hydrogens (primary N) is 1. The maximum atomic E-state index is 10.1. The third-order valence-corrected chi connectivity index (χ3v) is 0.631. The summed E-state index contributed by atoms with van der Waals surface area (Å²) in [5, 5.41) is 15.8. The molecule has 0 radical (unpaired) electrons. The predicted molar refractivity (Wildman–Crippen MR) is 44.4 cm³/mol. The molecule has 0 aliphatic carbocycles. The molecule has 12 heavy (non-hydrogen) atoms. The summed E-state index contributed by atoms with van der Waals surface area (Å²) >= 11 is 0. The molecule has 0 saturated carbocycles. The number of hydrogen-bond acceptors (Lipinski definition) is 5. The highest BCUT2D eigenvalue weighted by atomic mass is 16.5. The van der Waals surface area contributed by atoms with Crippen LogP contribution in [0.5, 0.6) is 0 Å². The van der Waals surface area contributed by atoms with E-state index in [9.17, 15) is 4.79 Å². The summed E-state index contributed by atoms with van der Waals surface area (Å²) < 4.78 is 4.33. The van der Waals surface area contributed by atoms with Gasteiger partial charge in [0.25, 0.3) is 0 Å². The maximum Gasteiger partial charge on any atom is 0.330 e. The Morgan fingerprint density at radius 2 is 2.00 bits per heavy atom. The van der Waals surface area contributed by atoms with Crippen LogP contribution in [0.15, 0.2) is 12.7 Å². The minimum Gasteiger partial charge on any atom is -0.460 e. The minimum atomic E-state index is -0.501. The van der Waals surface area contributed by atoms with E-state index in [1.54, 1.807) is 0 Å². The van der Waals surface area contributed by atoms with Crippen molar-refractivity contribution in [3.8, 4) is 0 Å². The highest BCUT2D eigenvalue weighted by molar-refractivity contribution is 5.81. The number of aliphatic hydroxyl groups is 2. The molecule has 72 valence electrons. The molecule has 0 atom stereocenters. The van der Waals surface area contributed by atoms with Gasteiger partial charge < -0.3 is 20.7 Å². The lowest BCUT2D eigenvalue weighted by molar-refractivity contribution is -0.138. The van der Waals surface area contributed by atoms with Crippen LogP contribution in [0.3, 0.4) is 0 Å². The largest absolute Gasteiger partial charge is 0.460 e. The second-order valence-corrected chi connectivity index (χ2v) is 1.61. The quantitative estimate of drug-likeness (QED) is 0.364. The van der Waals surface area contributed by atoms with Gasteiger partial charge in [0.15, 0.2) is 0 Å². The molecule has 0 aliphatic heterocycles. The summed E-state index contributed by atoms with van der Waals surface area (Å²) in [5.74, 6) is -0.501. The van der Waals surface area contributed by atoms with Crippen LogP contribution in [0.4, 0.5) is 0 Å². The molecule has 0 saturated heterocycles. The molecule has 5 heteroatoms. The van der Waals surface area contributed by atoms with Gasteiger partial charge in [0.1, 0.15) is 6.61 Å². The summed E-state index contributed by atoms with van der Waals surface area (Å²) in [4.78, 5) is 10.1. The number of carbonyl (C=O) groups excluding carboxylic acids is 1. The maximum absolute atomic E-state index is 10.1. The van der Waals surface area contributed by atoms with Gasteiger partial charge in [-0.25, -0.2) is 4.79 Å². The summed E-state index contributed by atoms with van der Waals surface area (Å²) in [6.07, 6.45) is 1.05. The van der Waals surface area contributed by atoms with Crippen LogP contribution in [0.1, 0.15) is 0 Å². The van der Waals surface area contributed by atoms with Gasteiger partial charge in [-0.05, 0) is 0 Å². The van der Waals surface area contributed by atoms with Crippen molar-refractivity contribution < 1.29 is 19.7 Å². The van der Waals surface area contributed by atoms with Crippen LogP contribution in [-0.2, 0) is 9.53 Å². The molecule has 0 amide bonds. The van der Waals surface area contributed by atoms with Crippen molar-refractivity contribution in [1.82, 2.24) is 0 Å². The van der Waals surface area contributed by atoms with Crippen molar-refractivity contribution in [2.75, 3.05) is 26.4 Å². The Morgan fingerprint density at radius 1 is 1.50 bits per heavy atom. The Morgan fingerprint density at radius 3 is 2.25 bits per heavy atom. The Bertz CT molecular complexity index is 114. The fourth-order valence-corrected chi connectivity index (χ4v) is 0.205. The van der Waals surface area contributed by atoms with Crippen LogP contribution < -0.4 is 5.73 Å². The van der Waals surface area contributed by atoms with Crippen molar-refractivity contribution in [2.45, 2.75) is 0 Å². The van der Waals surface area contributed by atoms with E-state index in [2.05, 4.69) is 11.3 Å². The Hall–Kier alpha value is -0.910. The van der Waals surface area contributed by atoms with Gasteiger partial charge in [-0.3, -0.25) is 0 Å². The molecule has 0 bridgehead atoms. The number of ether oxygens (including phenoxy) is 1. The van der Waals surface area contributed by atoms with Crippen molar-refractivity contribution >= 4 is 5.97 Å². The van der Waals surface area contributed by atoms with Crippen LogP contribution in [0, 0.1) is 0 Å². The molecular weight excluding hydrogens is 162 g/mol. The van der Waals surface area contributed by atoms with E-state index in [1.165, 1.54) is 0 Å². The Balaban J connectivity index is 0. The molecule has 5 nitrogen and oxygen atoms in total.